The highest BCUT2D eigenvalue weighted by molar-refractivity contribution is 7.89. The molecule has 0 aliphatic rings. The van der Waals surface area contributed by atoms with Crippen LogP contribution < -0.4 is 5.32 Å². The summed E-state index contributed by atoms with van der Waals surface area (Å²) in [6.45, 7) is 4.17. The first-order chi connectivity index (χ1) is 13.9. The Morgan fingerprint density at radius 3 is 2.41 bits per heavy atom. The smallest absolute Gasteiger partial charge is 0.255 e. The monoisotopic (exact) mass is 432 g/mol. The Kier molecular flexibility index (Phi) is 6.36. The SMILES string of the molecule is CCN(CC)S(=O)(=O)c1cc(NC(=O)c2ccc(-n3cccn3)cc2)ccc1Cl. The number of hydrogen-bond donors (Lipinski definition) is 1. The number of hydrogen-bond acceptors (Lipinski definition) is 4. The average Bonchev–Trinajstić information content (AvgIpc) is 3.25. The number of benzene rings is 2. The second-order valence-electron chi connectivity index (χ2n) is 6.19. The van der Waals surface area contributed by atoms with Gasteiger partial charge in [0.05, 0.1) is 10.7 Å². The Hall–Kier alpha value is -2.68. The molecule has 0 saturated carbocycles. The van der Waals surface area contributed by atoms with Crippen LogP contribution in [0.1, 0.15) is 24.2 Å². The zero-order valence-corrected chi connectivity index (χ0v) is 17.6. The fourth-order valence-corrected chi connectivity index (χ4v) is 4.83. The average molecular weight is 433 g/mol. The first kappa shape index (κ1) is 21.0. The predicted molar refractivity (Wildman–Crippen MR) is 113 cm³/mol. The Morgan fingerprint density at radius 2 is 1.83 bits per heavy atom. The van der Waals surface area contributed by atoms with Crippen molar-refractivity contribution in [2.24, 2.45) is 0 Å². The summed E-state index contributed by atoms with van der Waals surface area (Å²) in [4.78, 5) is 12.5. The molecule has 0 bridgehead atoms. The van der Waals surface area contributed by atoms with Gasteiger partial charge in [-0.3, -0.25) is 4.79 Å². The van der Waals surface area contributed by atoms with Gasteiger partial charge in [0.15, 0.2) is 0 Å². The number of sulfonamides is 1. The van der Waals surface area contributed by atoms with Crippen LogP contribution in [0.5, 0.6) is 0 Å². The van der Waals surface area contributed by atoms with Crippen LogP contribution in [0.25, 0.3) is 5.69 Å². The summed E-state index contributed by atoms with van der Waals surface area (Å²) in [5, 5.41) is 6.97. The van der Waals surface area contributed by atoms with Crippen LogP contribution in [0.3, 0.4) is 0 Å². The number of nitrogens with zero attached hydrogens (tertiary/aromatic N) is 3. The van der Waals surface area contributed by atoms with E-state index in [0.29, 0.717) is 24.3 Å². The maximum absolute atomic E-state index is 12.8. The number of nitrogens with one attached hydrogen (secondary N) is 1. The fraction of sp³-hybridized carbons (Fsp3) is 0.200. The Balaban J connectivity index is 1.82. The molecule has 1 aromatic heterocycles. The molecule has 7 nitrogen and oxygen atoms in total. The summed E-state index contributed by atoms with van der Waals surface area (Å²) < 4.78 is 28.6. The molecule has 152 valence electrons. The number of amides is 1. The number of anilines is 1. The number of carbonyl (C=O) groups is 1. The fourth-order valence-electron chi connectivity index (χ4n) is 2.87. The molecular formula is C20H21ClN4O3S. The molecule has 0 unspecified atom stereocenters. The topological polar surface area (TPSA) is 84.3 Å². The largest absolute Gasteiger partial charge is 0.322 e. The van der Waals surface area contributed by atoms with Crippen molar-refractivity contribution in [1.29, 1.82) is 0 Å². The van der Waals surface area contributed by atoms with E-state index < -0.39 is 10.0 Å². The lowest BCUT2D eigenvalue weighted by molar-refractivity contribution is 0.102. The molecule has 1 N–H and O–H groups in total. The van der Waals surface area contributed by atoms with Gasteiger partial charge in [-0.2, -0.15) is 9.40 Å². The third-order valence-electron chi connectivity index (χ3n) is 4.41. The minimum absolute atomic E-state index is 0.0327. The minimum Gasteiger partial charge on any atom is -0.322 e. The van der Waals surface area contributed by atoms with Crippen molar-refractivity contribution in [3.63, 3.8) is 0 Å². The molecule has 0 radical (unpaired) electrons. The third-order valence-corrected chi connectivity index (χ3v) is 6.94. The van der Waals surface area contributed by atoms with Crippen molar-refractivity contribution in [3.05, 3.63) is 71.5 Å². The molecule has 3 aromatic rings. The van der Waals surface area contributed by atoms with Crippen molar-refractivity contribution in [2.45, 2.75) is 18.7 Å². The Labute approximate surface area is 175 Å². The summed E-state index contributed by atoms with van der Waals surface area (Å²) in [5.74, 6) is -0.356. The van der Waals surface area contributed by atoms with Gasteiger partial charge >= 0.3 is 0 Å². The van der Waals surface area contributed by atoms with Crippen molar-refractivity contribution in [3.8, 4) is 5.69 Å². The van der Waals surface area contributed by atoms with Gasteiger partial charge in [0, 0.05) is 36.7 Å². The van der Waals surface area contributed by atoms with Crippen LogP contribution in [-0.4, -0.2) is 41.5 Å². The lowest BCUT2D eigenvalue weighted by Gasteiger charge is -2.19. The molecule has 9 heteroatoms. The molecule has 2 aromatic carbocycles. The molecule has 1 amide bonds. The zero-order valence-electron chi connectivity index (χ0n) is 16.0. The van der Waals surface area contributed by atoms with Gasteiger partial charge in [0.2, 0.25) is 10.0 Å². The van der Waals surface area contributed by atoms with Crippen LogP contribution >= 0.6 is 11.6 Å². The second kappa shape index (κ2) is 8.77. The number of halogens is 1. The van der Waals surface area contributed by atoms with Crippen LogP contribution in [0.15, 0.2) is 65.8 Å². The lowest BCUT2D eigenvalue weighted by Crippen LogP contribution is -2.30. The highest BCUT2D eigenvalue weighted by atomic mass is 35.5. The van der Waals surface area contributed by atoms with Crippen molar-refractivity contribution in [1.82, 2.24) is 14.1 Å². The summed E-state index contributed by atoms with van der Waals surface area (Å²) in [5.41, 5.74) is 1.61. The highest BCUT2D eigenvalue weighted by Crippen LogP contribution is 2.28. The molecule has 3 rings (SSSR count). The molecule has 1 heterocycles. The van der Waals surface area contributed by atoms with Gasteiger partial charge < -0.3 is 5.32 Å². The van der Waals surface area contributed by atoms with Gasteiger partial charge in [0.1, 0.15) is 4.90 Å². The maximum Gasteiger partial charge on any atom is 0.255 e. The van der Waals surface area contributed by atoms with E-state index in [2.05, 4.69) is 10.4 Å². The van der Waals surface area contributed by atoms with E-state index in [1.807, 2.05) is 6.07 Å². The molecule has 0 atom stereocenters. The van der Waals surface area contributed by atoms with E-state index in [-0.39, 0.29) is 15.8 Å². The standard InChI is InChI=1S/C20H21ClN4O3S/c1-3-24(4-2)29(27,28)19-14-16(8-11-18(19)21)23-20(26)15-6-9-17(10-7-15)25-13-5-12-22-25/h5-14H,3-4H2,1-2H3,(H,23,26). The quantitative estimate of drug-likeness (QED) is 0.615. The van der Waals surface area contributed by atoms with Crippen LogP contribution in [0.4, 0.5) is 5.69 Å². The Morgan fingerprint density at radius 1 is 1.14 bits per heavy atom. The zero-order chi connectivity index (χ0) is 21.0. The van der Waals surface area contributed by atoms with E-state index in [0.717, 1.165) is 5.69 Å². The van der Waals surface area contributed by atoms with Gasteiger partial charge in [-0.25, -0.2) is 13.1 Å². The molecule has 0 saturated heterocycles. The van der Waals surface area contributed by atoms with Gasteiger partial charge in [-0.05, 0) is 48.5 Å². The van der Waals surface area contributed by atoms with Crippen molar-refractivity contribution in [2.75, 3.05) is 18.4 Å². The number of carbonyl (C=O) groups excluding carboxylic acids is 1. The summed E-state index contributed by atoms with van der Waals surface area (Å²) in [6, 6.07) is 13.1. The second-order valence-corrected chi connectivity index (χ2v) is 8.50. The van der Waals surface area contributed by atoms with Gasteiger partial charge in [0.25, 0.3) is 5.91 Å². The third kappa shape index (κ3) is 4.50. The van der Waals surface area contributed by atoms with E-state index in [1.54, 1.807) is 61.3 Å². The first-order valence-corrected chi connectivity index (χ1v) is 10.9. The normalized spacial score (nSPS) is 11.6. The van der Waals surface area contributed by atoms with Gasteiger partial charge in [-0.15, -0.1) is 0 Å². The number of aromatic nitrogens is 2. The summed E-state index contributed by atoms with van der Waals surface area (Å²) in [6.07, 6.45) is 3.48. The molecule has 0 aliphatic carbocycles. The van der Waals surface area contributed by atoms with Crippen molar-refractivity contribution >= 4 is 33.2 Å². The van der Waals surface area contributed by atoms with Crippen LogP contribution in [-0.2, 0) is 10.0 Å². The first-order valence-electron chi connectivity index (χ1n) is 9.08. The van der Waals surface area contributed by atoms with E-state index >= 15 is 0 Å². The highest BCUT2D eigenvalue weighted by Gasteiger charge is 2.25. The lowest BCUT2D eigenvalue weighted by atomic mass is 10.2. The Bertz CT molecular complexity index is 1090. The molecule has 0 spiro atoms. The van der Waals surface area contributed by atoms with Gasteiger partial charge in [-0.1, -0.05) is 25.4 Å². The van der Waals surface area contributed by atoms with E-state index in [9.17, 15) is 13.2 Å². The summed E-state index contributed by atoms with van der Waals surface area (Å²) in [7, 11) is -3.75. The molecule has 29 heavy (non-hydrogen) atoms. The van der Waals surface area contributed by atoms with E-state index in [1.165, 1.54) is 16.4 Å². The minimum atomic E-state index is -3.75. The predicted octanol–water partition coefficient (Wildman–Crippen LogP) is 3.81. The van der Waals surface area contributed by atoms with E-state index in [4.69, 9.17) is 11.6 Å². The van der Waals surface area contributed by atoms with Crippen LogP contribution in [0, 0.1) is 0 Å². The molecule has 0 aliphatic heterocycles. The van der Waals surface area contributed by atoms with Crippen molar-refractivity contribution < 1.29 is 13.2 Å². The molecule has 0 fully saturated rings. The van der Waals surface area contributed by atoms with Crippen LogP contribution in [0.2, 0.25) is 5.02 Å². The molecular weight excluding hydrogens is 412 g/mol. The number of rotatable bonds is 7. The summed E-state index contributed by atoms with van der Waals surface area (Å²) >= 11 is 6.13. The maximum atomic E-state index is 12.8.